The van der Waals surface area contributed by atoms with Crippen molar-refractivity contribution >= 4 is 17.6 Å². The summed E-state index contributed by atoms with van der Waals surface area (Å²) in [5, 5.41) is 4.05. The fourth-order valence-electron chi connectivity index (χ4n) is 2.69. The minimum Gasteiger partial charge on any atom is -0.346 e. The number of hydrazine groups is 1. The van der Waals surface area contributed by atoms with Gasteiger partial charge in [-0.15, -0.1) is 0 Å². The van der Waals surface area contributed by atoms with E-state index in [1.54, 1.807) is 0 Å². The first-order valence-electron chi connectivity index (χ1n) is 8.20. The third-order valence-corrected chi connectivity index (χ3v) is 3.97. The lowest BCUT2D eigenvalue weighted by atomic mass is 10.1. The van der Waals surface area contributed by atoms with Gasteiger partial charge >= 0.3 is 6.18 Å². The lowest BCUT2D eigenvalue weighted by Gasteiger charge is -2.36. The molecule has 2 aromatic rings. The molecule has 2 N–H and O–H groups in total. The van der Waals surface area contributed by atoms with Crippen molar-refractivity contribution in [1.29, 1.82) is 0 Å². The molecular weight excluding hydrogens is 363 g/mol. The highest BCUT2D eigenvalue weighted by atomic mass is 19.4. The lowest BCUT2D eigenvalue weighted by molar-refractivity contribution is -0.137. The van der Waals surface area contributed by atoms with Crippen molar-refractivity contribution in [3.8, 4) is 0 Å². The highest BCUT2D eigenvalue weighted by Gasteiger charge is 2.35. The minimum atomic E-state index is -4.57. The molecule has 0 saturated carbocycles. The maximum absolute atomic E-state index is 12.9. The molecule has 27 heavy (non-hydrogen) atoms. The Hall–Kier alpha value is -3.17. The Balaban J connectivity index is 1.86. The quantitative estimate of drug-likeness (QED) is 0.853. The van der Waals surface area contributed by atoms with Crippen LogP contribution in [-0.4, -0.2) is 33.0 Å². The summed E-state index contributed by atoms with van der Waals surface area (Å²) in [6.45, 7) is 1.89. The van der Waals surface area contributed by atoms with E-state index in [0.717, 1.165) is 23.2 Å². The van der Waals surface area contributed by atoms with E-state index in [4.69, 9.17) is 0 Å². The number of rotatable bonds is 4. The van der Waals surface area contributed by atoms with Crippen LogP contribution in [0.1, 0.15) is 46.2 Å². The number of amides is 2. The molecule has 1 unspecified atom stereocenters. The van der Waals surface area contributed by atoms with Crippen LogP contribution >= 0.6 is 0 Å². The molecule has 0 bridgehead atoms. The number of aromatic nitrogens is 2. The predicted octanol–water partition coefficient (Wildman–Crippen LogP) is 2.83. The molecule has 1 aliphatic rings. The maximum atomic E-state index is 12.9. The van der Waals surface area contributed by atoms with Gasteiger partial charge in [0.1, 0.15) is 6.17 Å². The first-order valence-corrected chi connectivity index (χ1v) is 8.20. The van der Waals surface area contributed by atoms with Gasteiger partial charge in [-0.2, -0.15) is 13.2 Å². The summed E-state index contributed by atoms with van der Waals surface area (Å²) < 4.78 is 38.6. The van der Waals surface area contributed by atoms with E-state index in [9.17, 15) is 22.8 Å². The van der Waals surface area contributed by atoms with Crippen LogP contribution in [-0.2, 0) is 6.18 Å². The van der Waals surface area contributed by atoms with Crippen LogP contribution < -0.4 is 10.7 Å². The van der Waals surface area contributed by atoms with Gasteiger partial charge in [-0.1, -0.05) is 19.4 Å². The van der Waals surface area contributed by atoms with E-state index in [0.29, 0.717) is 18.7 Å². The third-order valence-electron chi connectivity index (χ3n) is 3.97. The number of hydrogen-bond donors (Lipinski definition) is 2. The van der Waals surface area contributed by atoms with Crippen molar-refractivity contribution in [2.24, 2.45) is 0 Å². The number of fused-ring (bicyclic) bond motifs is 1. The fourth-order valence-corrected chi connectivity index (χ4v) is 2.69. The Morgan fingerprint density at radius 2 is 2.04 bits per heavy atom. The van der Waals surface area contributed by atoms with Gasteiger partial charge in [-0.25, -0.2) is 15.0 Å². The Kier molecular flexibility index (Phi) is 4.98. The van der Waals surface area contributed by atoms with Crippen LogP contribution in [0.3, 0.4) is 0 Å². The largest absolute Gasteiger partial charge is 0.416 e. The number of anilines is 1. The molecule has 7 nitrogen and oxygen atoms in total. The smallest absolute Gasteiger partial charge is 0.346 e. The van der Waals surface area contributed by atoms with Crippen molar-refractivity contribution in [2.45, 2.75) is 32.1 Å². The molecule has 0 fully saturated rings. The lowest BCUT2D eigenvalue weighted by Crippen LogP contribution is -2.57. The topological polar surface area (TPSA) is 87.2 Å². The first-order chi connectivity index (χ1) is 12.8. The summed E-state index contributed by atoms with van der Waals surface area (Å²) >= 11 is 0. The molecule has 0 saturated heterocycles. The third kappa shape index (κ3) is 3.83. The van der Waals surface area contributed by atoms with Crippen molar-refractivity contribution in [3.63, 3.8) is 0 Å². The first kappa shape index (κ1) is 18.6. The monoisotopic (exact) mass is 379 g/mol. The number of carbonyl (C=O) groups is 2. The van der Waals surface area contributed by atoms with Crippen molar-refractivity contribution in [3.05, 3.63) is 53.5 Å². The van der Waals surface area contributed by atoms with Crippen LogP contribution in [0.15, 0.2) is 36.7 Å². The molecule has 0 radical (unpaired) electrons. The second kappa shape index (κ2) is 7.22. The molecular formula is C17H16F3N5O2. The molecule has 142 valence electrons. The van der Waals surface area contributed by atoms with Gasteiger partial charge in [0.15, 0.2) is 11.5 Å². The number of carbonyl (C=O) groups excluding carboxylic acids is 2. The Bertz CT molecular complexity index is 872. The predicted molar refractivity (Wildman–Crippen MR) is 89.4 cm³/mol. The van der Waals surface area contributed by atoms with Gasteiger partial charge < -0.3 is 5.32 Å². The zero-order chi connectivity index (χ0) is 19.6. The summed E-state index contributed by atoms with van der Waals surface area (Å²) in [5.74, 6) is -1.12. The van der Waals surface area contributed by atoms with Crippen LogP contribution in [0.5, 0.6) is 0 Å². The highest BCUT2D eigenvalue weighted by Crippen LogP contribution is 2.29. The molecule has 0 aliphatic carbocycles. The number of benzene rings is 1. The number of alkyl halides is 3. The second-order valence-corrected chi connectivity index (χ2v) is 5.90. The van der Waals surface area contributed by atoms with Crippen LogP contribution in [0.4, 0.5) is 19.0 Å². The highest BCUT2D eigenvalue weighted by molar-refractivity contribution is 6.01. The zero-order valence-electron chi connectivity index (χ0n) is 14.2. The molecule has 2 heterocycles. The molecule has 10 heteroatoms. The molecule has 0 spiro atoms. The Morgan fingerprint density at radius 1 is 1.30 bits per heavy atom. The van der Waals surface area contributed by atoms with Crippen LogP contribution in [0.25, 0.3) is 0 Å². The second-order valence-electron chi connectivity index (χ2n) is 5.90. The Labute approximate surface area is 152 Å². The molecule has 3 rings (SSSR count). The summed E-state index contributed by atoms with van der Waals surface area (Å²) in [4.78, 5) is 33.2. The number of hydrogen-bond acceptors (Lipinski definition) is 5. The molecule has 1 aromatic carbocycles. The minimum absolute atomic E-state index is 0.0224. The molecule has 2 amide bonds. The van der Waals surface area contributed by atoms with Gasteiger partial charge in [0, 0.05) is 18.0 Å². The summed E-state index contributed by atoms with van der Waals surface area (Å²) in [6, 6.07) is 3.99. The van der Waals surface area contributed by atoms with Gasteiger partial charge in [0.05, 0.1) is 5.56 Å². The van der Waals surface area contributed by atoms with Gasteiger partial charge in [0.2, 0.25) is 0 Å². The average molecular weight is 379 g/mol. The maximum Gasteiger partial charge on any atom is 0.416 e. The number of nitrogens with zero attached hydrogens (tertiary/aromatic N) is 3. The summed E-state index contributed by atoms with van der Waals surface area (Å²) in [5.41, 5.74) is 1.25. The molecule has 1 atom stereocenters. The van der Waals surface area contributed by atoms with Crippen molar-refractivity contribution in [1.82, 2.24) is 20.4 Å². The number of halogens is 3. The van der Waals surface area contributed by atoms with Gasteiger partial charge in [-0.3, -0.25) is 15.0 Å². The van der Waals surface area contributed by atoms with E-state index in [1.165, 1.54) is 18.5 Å². The van der Waals surface area contributed by atoms with E-state index in [1.807, 2.05) is 6.92 Å². The van der Waals surface area contributed by atoms with E-state index in [2.05, 4.69) is 20.7 Å². The zero-order valence-corrected chi connectivity index (χ0v) is 14.2. The van der Waals surface area contributed by atoms with E-state index < -0.39 is 29.7 Å². The summed E-state index contributed by atoms with van der Waals surface area (Å²) in [7, 11) is 0. The van der Waals surface area contributed by atoms with Crippen LogP contribution in [0.2, 0.25) is 0 Å². The molecule has 1 aliphatic heterocycles. The van der Waals surface area contributed by atoms with Crippen molar-refractivity contribution < 1.29 is 22.8 Å². The Morgan fingerprint density at radius 3 is 2.74 bits per heavy atom. The summed E-state index contributed by atoms with van der Waals surface area (Å²) in [6.07, 6.45) is -1.22. The number of nitrogens with one attached hydrogen (secondary N) is 2. The van der Waals surface area contributed by atoms with E-state index in [-0.39, 0.29) is 11.3 Å². The van der Waals surface area contributed by atoms with E-state index >= 15 is 0 Å². The normalized spacial score (nSPS) is 16.5. The fraction of sp³-hybridized carbons (Fsp3) is 0.294. The van der Waals surface area contributed by atoms with Crippen LogP contribution in [0, 0.1) is 0 Å². The SMILES string of the molecule is CCCC1Nc2nccnc2C(=O)N1NC(=O)c1cccc(C(F)(F)F)c1. The standard InChI is InChI=1S/C17H16F3N5O2/c1-2-4-12-23-14-13(21-7-8-22-14)16(27)25(12)24-15(26)10-5-3-6-11(9-10)17(18,19)20/h3,5-9,12H,2,4H2,1H3,(H,22,23)(H,24,26). The van der Waals surface area contributed by atoms with Crippen molar-refractivity contribution in [2.75, 3.05) is 5.32 Å². The van der Waals surface area contributed by atoms with Gasteiger partial charge in [-0.05, 0) is 24.6 Å². The molecule has 1 aromatic heterocycles. The van der Waals surface area contributed by atoms with Gasteiger partial charge in [0.25, 0.3) is 11.8 Å². The average Bonchev–Trinajstić information content (AvgIpc) is 2.64.